The molecule has 3 saturated carbocycles. The standard InChI is InChI=1S/C28H32O3/c1-28-14-12-20-19-8-10-25(29)27(22-5-3-2-4-18(22)17-13-15-31-16-17)23(19)7-6-21(20)24(28)9-11-26(28)30/h2-5,13,15-16,19-21,24,26,30H,6-12,14H2,1H3/t19-,20-,21-,24+,26+,28+/m1/s1. The molecule has 31 heavy (non-hydrogen) atoms. The third-order valence-corrected chi connectivity index (χ3v) is 9.46. The van der Waals surface area contributed by atoms with E-state index in [-0.39, 0.29) is 11.5 Å². The number of ketones is 1. The quantitative estimate of drug-likeness (QED) is 0.627. The molecule has 0 saturated heterocycles. The van der Waals surface area contributed by atoms with Crippen molar-refractivity contribution < 1.29 is 14.3 Å². The molecule has 0 spiro atoms. The zero-order valence-corrected chi connectivity index (χ0v) is 18.3. The molecule has 0 bridgehead atoms. The molecule has 3 heteroatoms. The molecule has 0 unspecified atom stereocenters. The molecule has 0 amide bonds. The van der Waals surface area contributed by atoms with Crippen LogP contribution < -0.4 is 0 Å². The topological polar surface area (TPSA) is 50.4 Å². The average molecular weight is 417 g/mol. The molecule has 0 radical (unpaired) electrons. The van der Waals surface area contributed by atoms with Gasteiger partial charge in [-0.2, -0.15) is 0 Å². The van der Waals surface area contributed by atoms with Gasteiger partial charge in [0.25, 0.3) is 0 Å². The molecular formula is C28H32O3. The molecule has 1 aromatic heterocycles. The highest BCUT2D eigenvalue weighted by Gasteiger charge is 2.56. The van der Waals surface area contributed by atoms with Crippen LogP contribution in [0.5, 0.6) is 0 Å². The second-order valence-corrected chi connectivity index (χ2v) is 10.6. The summed E-state index contributed by atoms with van der Waals surface area (Å²) in [5, 5.41) is 10.7. The minimum absolute atomic E-state index is 0.115. The van der Waals surface area contributed by atoms with E-state index in [1.165, 1.54) is 24.8 Å². The molecule has 3 nitrogen and oxygen atoms in total. The number of fused-ring (bicyclic) bond motifs is 5. The monoisotopic (exact) mass is 416 g/mol. The molecule has 6 rings (SSSR count). The van der Waals surface area contributed by atoms with Crippen LogP contribution in [0.4, 0.5) is 0 Å². The Morgan fingerprint density at radius 3 is 2.61 bits per heavy atom. The highest BCUT2D eigenvalue weighted by Crippen LogP contribution is 2.62. The van der Waals surface area contributed by atoms with Gasteiger partial charge in [-0.05, 0) is 91.2 Å². The first kappa shape index (κ1) is 19.5. The van der Waals surface area contributed by atoms with Crippen molar-refractivity contribution in [1.82, 2.24) is 0 Å². The first-order valence-corrected chi connectivity index (χ1v) is 12.1. The van der Waals surface area contributed by atoms with Gasteiger partial charge in [0.15, 0.2) is 5.78 Å². The summed E-state index contributed by atoms with van der Waals surface area (Å²) in [6.07, 6.45) is 11.7. The minimum Gasteiger partial charge on any atom is -0.472 e. The van der Waals surface area contributed by atoms with E-state index in [0.29, 0.717) is 35.9 Å². The predicted octanol–water partition coefficient (Wildman–Crippen LogP) is 6.28. The van der Waals surface area contributed by atoms with Crippen molar-refractivity contribution >= 4 is 11.4 Å². The van der Waals surface area contributed by atoms with Crippen LogP contribution in [-0.2, 0) is 4.79 Å². The number of carbonyl (C=O) groups is 1. The van der Waals surface area contributed by atoms with E-state index >= 15 is 0 Å². The highest BCUT2D eigenvalue weighted by molar-refractivity contribution is 6.24. The fraction of sp³-hybridized carbons (Fsp3) is 0.536. The summed E-state index contributed by atoms with van der Waals surface area (Å²) in [7, 11) is 0. The van der Waals surface area contributed by atoms with Crippen LogP contribution in [0.25, 0.3) is 16.7 Å². The van der Waals surface area contributed by atoms with Crippen LogP contribution in [0.3, 0.4) is 0 Å². The first-order chi connectivity index (χ1) is 15.1. The maximum atomic E-state index is 13.3. The third-order valence-electron chi connectivity index (χ3n) is 9.46. The number of rotatable bonds is 2. The van der Waals surface area contributed by atoms with Crippen molar-refractivity contribution in [3.8, 4) is 11.1 Å². The van der Waals surface area contributed by atoms with E-state index in [0.717, 1.165) is 47.9 Å². The summed E-state index contributed by atoms with van der Waals surface area (Å²) in [5.74, 6) is 2.89. The molecule has 6 atom stereocenters. The van der Waals surface area contributed by atoms with E-state index in [1.807, 2.05) is 12.1 Å². The lowest BCUT2D eigenvalue weighted by atomic mass is 9.51. The second-order valence-electron chi connectivity index (χ2n) is 10.6. The van der Waals surface area contributed by atoms with Gasteiger partial charge in [0, 0.05) is 17.6 Å². The zero-order chi connectivity index (χ0) is 21.2. The van der Waals surface area contributed by atoms with Gasteiger partial charge in [-0.15, -0.1) is 0 Å². The summed E-state index contributed by atoms with van der Waals surface area (Å²) in [5.41, 5.74) is 5.78. The normalized spacial score (nSPS) is 37.4. The number of hydrogen-bond acceptors (Lipinski definition) is 3. The van der Waals surface area contributed by atoms with E-state index in [2.05, 4.69) is 25.1 Å². The number of aliphatic hydroxyl groups excluding tert-OH is 1. The summed E-state index contributed by atoms with van der Waals surface area (Å²) < 4.78 is 5.35. The summed E-state index contributed by atoms with van der Waals surface area (Å²) in [6.45, 7) is 2.34. The Morgan fingerprint density at radius 1 is 0.968 bits per heavy atom. The van der Waals surface area contributed by atoms with Crippen LogP contribution in [0.2, 0.25) is 0 Å². The van der Waals surface area contributed by atoms with Crippen LogP contribution in [-0.4, -0.2) is 17.0 Å². The van der Waals surface area contributed by atoms with E-state index in [4.69, 9.17) is 4.42 Å². The molecule has 0 aliphatic heterocycles. The number of aliphatic hydroxyl groups is 1. The van der Waals surface area contributed by atoms with Crippen LogP contribution >= 0.6 is 0 Å². The summed E-state index contributed by atoms with van der Waals surface area (Å²) in [4.78, 5) is 13.3. The van der Waals surface area contributed by atoms with Crippen LogP contribution in [0.1, 0.15) is 63.9 Å². The Morgan fingerprint density at radius 2 is 1.81 bits per heavy atom. The lowest BCUT2D eigenvalue weighted by Gasteiger charge is -2.53. The fourth-order valence-electron chi connectivity index (χ4n) is 7.95. The van der Waals surface area contributed by atoms with Gasteiger partial charge >= 0.3 is 0 Å². The van der Waals surface area contributed by atoms with Crippen molar-refractivity contribution in [2.45, 2.75) is 64.4 Å². The van der Waals surface area contributed by atoms with E-state index in [1.54, 1.807) is 12.5 Å². The van der Waals surface area contributed by atoms with Gasteiger partial charge in [-0.1, -0.05) is 36.8 Å². The van der Waals surface area contributed by atoms with Gasteiger partial charge in [-0.3, -0.25) is 4.79 Å². The largest absolute Gasteiger partial charge is 0.472 e. The number of furan rings is 1. The summed E-state index contributed by atoms with van der Waals surface area (Å²) in [6, 6.07) is 10.3. The Bertz CT molecular complexity index is 1030. The predicted molar refractivity (Wildman–Crippen MR) is 121 cm³/mol. The summed E-state index contributed by atoms with van der Waals surface area (Å²) >= 11 is 0. The van der Waals surface area contributed by atoms with Crippen molar-refractivity contribution in [1.29, 1.82) is 0 Å². The zero-order valence-electron chi connectivity index (χ0n) is 18.3. The third kappa shape index (κ3) is 2.85. The second kappa shape index (κ2) is 7.20. The fourth-order valence-corrected chi connectivity index (χ4v) is 7.95. The van der Waals surface area contributed by atoms with Crippen molar-refractivity contribution in [3.05, 3.63) is 54.0 Å². The van der Waals surface area contributed by atoms with E-state index < -0.39 is 0 Å². The highest BCUT2D eigenvalue weighted by atomic mass is 16.3. The van der Waals surface area contributed by atoms with Crippen LogP contribution in [0, 0.1) is 29.1 Å². The SMILES string of the molecule is C[C@]12CC[C@H]3[C@@H](CCC4=C(c5ccccc5-c5ccoc5)C(=O)CC[C@@H]43)[C@@H]1CC[C@@H]2O. The van der Waals surface area contributed by atoms with Gasteiger partial charge in [0.05, 0.1) is 18.6 Å². The molecular weight excluding hydrogens is 384 g/mol. The Balaban J connectivity index is 1.42. The molecule has 4 aliphatic carbocycles. The Kier molecular flexibility index (Phi) is 4.54. The number of allylic oxidation sites excluding steroid dienone is 1. The maximum absolute atomic E-state index is 13.3. The molecule has 1 heterocycles. The van der Waals surface area contributed by atoms with E-state index in [9.17, 15) is 9.90 Å². The molecule has 2 aromatic rings. The first-order valence-electron chi connectivity index (χ1n) is 12.1. The molecule has 1 N–H and O–H groups in total. The minimum atomic E-state index is -0.124. The maximum Gasteiger partial charge on any atom is 0.163 e. The van der Waals surface area contributed by atoms with Gasteiger partial charge < -0.3 is 9.52 Å². The van der Waals surface area contributed by atoms with Crippen LogP contribution in [0.15, 0.2) is 52.8 Å². The van der Waals surface area contributed by atoms with Crippen molar-refractivity contribution in [2.75, 3.05) is 0 Å². The smallest absolute Gasteiger partial charge is 0.163 e. The molecule has 1 aromatic carbocycles. The lowest BCUT2D eigenvalue weighted by molar-refractivity contribution is -0.115. The van der Waals surface area contributed by atoms with Crippen molar-refractivity contribution in [3.63, 3.8) is 0 Å². The van der Waals surface area contributed by atoms with Gasteiger partial charge in [0.2, 0.25) is 0 Å². The van der Waals surface area contributed by atoms with Crippen molar-refractivity contribution in [2.24, 2.45) is 29.1 Å². The van der Waals surface area contributed by atoms with Gasteiger partial charge in [-0.25, -0.2) is 0 Å². The number of carbonyl (C=O) groups excluding carboxylic acids is 1. The average Bonchev–Trinajstić information content (AvgIpc) is 3.42. The number of hydrogen-bond donors (Lipinski definition) is 1. The Labute approximate surface area is 184 Å². The molecule has 3 fully saturated rings. The number of benzene rings is 1. The lowest BCUT2D eigenvalue weighted by Crippen LogP contribution is -2.47. The molecule has 162 valence electrons. The van der Waals surface area contributed by atoms with Gasteiger partial charge in [0.1, 0.15) is 0 Å². The number of Topliss-reactive ketones (excluding diaryl/α,β-unsaturated/α-hetero) is 1. The Hall–Kier alpha value is -2.13. The molecule has 4 aliphatic rings.